The fourth-order valence-corrected chi connectivity index (χ4v) is 3.88. The Morgan fingerprint density at radius 1 is 1.35 bits per heavy atom. The van der Waals surface area contributed by atoms with E-state index in [1.807, 2.05) is 57.6 Å². The van der Waals surface area contributed by atoms with Crippen LogP contribution < -0.4 is 10.1 Å². The molecule has 5 nitrogen and oxygen atoms in total. The lowest BCUT2D eigenvalue weighted by atomic mass is 10.1. The molecule has 0 aliphatic rings. The molecule has 138 valence electrons. The van der Waals surface area contributed by atoms with Crippen LogP contribution in [0.15, 0.2) is 40.1 Å². The van der Waals surface area contributed by atoms with Gasteiger partial charge in [-0.2, -0.15) is 0 Å². The van der Waals surface area contributed by atoms with Crippen LogP contribution in [0.5, 0.6) is 5.75 Å². The summed E-state index contributed by atoms with van der Waals surface area (Å²) in [5, 5.41) is 5.97. The van der Waals surface area contributed by atoms with Gasteiger partial charge in [0, 0.05) is 22.4 Å². The van der Waals surface area contributed by atoms with Crippen LogP contribution in [0, 0.1) is 6.92 Å². The Labute approximate surface area is 157 Å². The van der Waals surface area contributed by atoms with Gasteiger partial charge >= 0.3 is 0 Å². The van der Waals surface area contributed by atoms with E-state index in [4.69, 9.17) is 9.15 Å². The SMILES string of the molecule is CCOc1ccc2oc(C(=O)NCC(c3cccs3)N(C)C)c(C)c2c1. The summed E-state index contributed by atoms with van der Waals surface area (Å²) in [6, 6.07) is 9.87. The molecule has 2 heterocycles. The zero-order chi connectivity index (χ0) is 18.7. The van der Waals surface area contributed by atoms with Crippen molar-refractivity contribution < 1.29 is 13.9 Å². The average molecular weight is 372 g/mol. The van der Waals surface area contributed by atoms with Crippen LogP contribution in [0.3, 0.4) is 0 Å². The van der Waals surface area contributed by atoms with Gasteiger partial charge in [-0.1, -0.05) is 6.07 Å². The monoisotopic (exact) mass is 372 g/mol. The molecule has 0 aliphatic heterocycles. The first-order valence-corrected chi connectivity index (χ1v) is 9.53. The number of aryl methyl sites for hydroxylation is 1. The maximum absolute atomic E-state index is 12.7. The van der Waals surface area contributed by atoms with E-state index >= 15 is 0 Å². The number of benzene rings is 1. The minimum absolute atomic E-state index is 0.133. The number of nitrogens with zero attached hydrogens (tertiary/aromatic N) is 1. The number of ether oxygens (including phenoxy) is 1. The van der Waals surface area contributed by atoms with Crippen molar-refractivity contribution in [2.45, 2.75) is 19.9 Å². The number of carbonyl (C=O) groups is 1. The number of nitrogens with one attached hydrogen (secondary N) is 1. The predicted octanol–water partition coefficient (Wildman–Crippen LogP) is 4.23. The quantitative estimate of drug-likeness (QED) is 0.674. The Bertz CT molecular complexity index is 884. The van der Waals surface area contributed by atoms with Crippen LogP contribution in [0.2, 0.25) is 0 Å². The lowest BCUT2D eigenvalue weighted by molar-refractivity contribution is 0.0916. The molecule has 26 heavy (non-hydrogen) atoms. The van der Waals surface area contributed by atoms with E-state index in [2.05, 4.69) is 16.3 Å². The van der Waals surface area contributed by atoms with Crippen LogP contribution >= 0.6 is 11.3 Å². The maximum Gasteiger partial charge on any atom is 0.287 e. The average Bonchev–Trinajstić information content (AvgIpc) is 3.24. The molecule has 1 amide bonds. The lowest BCUT2D eigenvalue weighted by Gasteiger charge is -2.23. The number of amides is 1. The summed E-state index contributed by atoms with van der Waals surface area (Å²) in [5.74, 6) is 0.943. The smallest absolute Gasteiger partial charge is 0.287 e. The second-order valence-electron chi connectivity index (χ2n) is 6.35. The Morgan fingerprint density at radius 3 is 2.81 bits per heavy atom. The zero-order valence-electron chi connectivity index (χ0n) is 15.5. The zero-order valence-corrected chi connectivity index (χ0v) is 16.4. The second-order valence-corrected chi connectivity index (χ2v) is 7.33. The molecule has 0 bridgehead atoms. The summed E-state index contributed by atoms with van der Waals surface area (Å²) in [4.78, 5) is 16.0. The Kier molecular flexibility index (Phi) is 5.64. The summed E-state index contributed by atoms with van der Waals surface area (Å²) in [5.41, 5.74) is 1.52. The van der Waals surface area contributed by atoms with Crippen LogP contribution in [0.25, 0.3) is 11.0 Å². The van der Waals surface area contributed by atoms with E-state index in [0.29, 0.717) is 24.5 Å². The summed E-state index contributed by atoms with van der Waals surface area (Å²) >= 11 is 1.69. The number of thiophene rings is 1. The molecule has 0 aliphatic carbocycles. The minimum atomic E-state index is -0.194. The van der Waals surface area contributed by atoms with Gasteiger partial charge in [-0.15, -0.1) is 11.3 Å². The fourth-order valence-electron chi connectivity index (χ4n) is 2.96. The van der Waals surface area contributed by atoms with Crippen molar-refractivity contribution in [1.82, 2.24) is 10.2 Å². The Hall–Kier alpha value is -2.31. The van der Waals surface area contributed by atoms with Crippen LogP contribution in [0.1, 0.15) is 34.0 Å². The number of rotatable bonds is 7. The topological polar surface area (TPSA) is 54.7 Å². The normalized spacial score (nSPS) is 12.5. The predicted molar refractivity (Wildman–Crippen MR) is 105 cm³/mol. The van der Waals surface area contributed by atoms with Gasteiger partial charge < -0.3 is 19.4 Å². The maximum atomic E-state index is 12.7. The van der Waals surface area contributed by atoms with Crippen LogP contribution in [-0.2, 0) is 0 Å². The molecule has 0 saturated heterocycles. The number of furan rings is 1. The molecule has 2 aromatic heterocycles. The van der Waals surface area contributed by atoms with Gasteiger partial charge in [0.05, 0.1) is 12.6 Å². The first-order chi connectivity index (χ1) is 12.5. The molecule has 1 atom stereocenters. The Balaban J connectivity index is 1.78. The van der Waals surface area contributed by atoms with Gasteiger partial charge in [-0.3, -0.25) is 4.79 Å². The number of hydrogen-bond acceptors (Lipinski definition) is 5. The van der Waals surface area contributed by atoms with Crippen molar-refractivity contribution in [3.05, 3.63) is 51.9 Å². The van der Waals surface area contributed by atoms with E-state index in [0.717, 1.165) is 16.7 Å². The molecule has 3 aromatic rings. The lowest BCUT2D eigenvalue weighted by Crippen LogP contribution is -2.34. The van der Waals surface area contributed by atoms with Gasteiger partial charge in [0.15, 0.2) is 5.76 Å². The minimum Gasteiger partial charge on any atom is -0.494 e. The second kappa shape index (κ2) is 7.93. The summed E-state index contributed by atoms with van der Waals surface area (Å²) in [7, 11) is 4.02. The summed E-state index contributed by atoms with van der Waals surface area (Å²) in [6.07, 6.45) is 0. The number of carbonyl (C=O) groups excluding carboxylic acids is 1. The number of likely N-dealkylation sites (N-methyl/N-ethyl adjacent to an activating group) is 1. The van der Waals surface area contributed by atoms with Gasteiger partial charge in [0.1, 0.15) is 11.3 Å². The molecule has 1 unspecified atom stereocenters. The molecule has 6 heteroatoms. The molecule has 0 radical (unpaired) electrons. The van der Waals surface area contributed by atoms with Crippen molar-refractivity contribution in [1.29, 1.82) is 0 Å². The van der Waals surface area contributed by atoms with E-state index in [1.54, 1.807) is 11.3 Å². The van der Waals surface area contributed by atoms with Crippen LogP contribution in [0.4, 0.5) is 0 Å². The third-order valence-corrected chi connectivity index (χ3v) is 5.35. The first kappa shape index (κ1) is 18.5. The summed E-state index contributed by atoms with van der Waals surface area (Å²) in [6.45, 7) is 4.97. The van der Waals surface area contributed by atoms with E-state index in [1.165, 1.54) is 4.88 Å². The molecule has 0 spiro atoms. The Morgan fingerprint density at radius 2 is 2.15 bits per heavy atom. The molecule has 3 rings (SSSR count). The molecular formula is C20H24N2O3S. The van der Waals surface area contributed by atoms with Crippen molar-refractivity contribution in [3.63, 3.8) is 0 Å². The van der Waals surface area contributed by atoms with E-state index in [-0.39, 0.29) is 11.9 Å². The van der Waals surface area contributed by atoms with E-state index < -0.39 is 0 Å². The third-order valence-electron chi connectivity index (χ3n) is 4.38. The summed E-state index contributed by atoms with van der Waals surface area (Å²) < 4.78 is 11.3. The van der Waals surface area contributed by atoms with Gasteiger partial charge in [-0.25, -0.2) is 0 Å². The van der Waals surface area contributed by atoms with Gasteiger partial charge in [-0.05, 0) is 57.6 Å². The molecule has 0 saturated carbocycles. The number of fused-ring (bicyclic) bond motifs is 1. The van der Waals surface area contributed by atoms with Gasteiger partial charge in [0.25, 0.3) is 5.91 Å². The van der Waals surface area contributed by atoms with Crippen LogP contribution in [-0.4, -0.2) is 38.1 Å². The standard InChI is InChI=1S/C20H24N2O3S/c1-5-24-14-8-9-17-15(11-14)13(2)19(25-17)20(23)21-12-16(22(3)4)18-7-6-10-26-18/h6-11,16H,5,12H2,1-4H3,(H,21,23). The van der Waals surface area contributed by atoms with Crippen molar-refractivity contribution in [3.8, 4) is 5.75 Å². The van der Waals surface area contributed by atoms with E-state index in [9.17, 15) is 4.79 Å². The molecule has 1 N–H and O–H groups in total. The highest BCUT2D eigenvalue weighted by Crippen LogP contribution is 2.29. The molecule has 0 fully saturated rings. The highest BCUT2D eigenvalue weighted by atomic mass is 32.1. The van der Waals surface area contributed by atoms with Crippen molar-refractivity contribution in [2.24, 2.45) is 0 Å². The first-order valence-electron chi connectivity index (χ1n) is 8.65. The largest absolute Gasteiger partial charge is 0.494 e. The molecule has 1 aromatic carbocycles. The molecular weight excluding hydrogens is 348 g/mol. The highest BCUT2D eigenvalue weighted by Gasteiger charge is 2.21. The third kappa shape index (κ3) is 3.76. The number of hydrogen-bond donors (Lipinski definition) is 1. The van der Waals surface area contributed by atoms with Crippen molar-refractivity contribution in [2.75, 3.05) is 27.2 Å². The highest BCUT2D eigenvalue weighted by molar-refractivity contribution is 7.10. The fraction of sp³-hybridized carbons (Fsp3) is 0.350. The van der Waals surface area contributed by atoms with Gasteiger partial charge in [0.2, 0.25) is 0 Å². The van der Waals surface area contributed by atoms with Crippen molar-refractivity contribution >= 4 is 28.2 Å².